The Balaban J connectivity index is 0.951. The van der Waals surface area contributed by atoms with Crippen molar-refractivity contribution in [1.29, 1.82) is 0 Å². The molecule has 0 N–H and O–H groups in total. The molecule has 0 unspecified atom stereocenters. The molecule has 0 atom stereocenters. The van der Waals surface area contributed by atoms with Gasteiger partial charge < -0.3 is 0 Å². The minimum atomic E-state index is -0.499. The number of hydrogen-bond acceptors (Lipinski definition) is 3. The van der Waals surface area contributed by atoms with E-state index in [-0.39, 0.29) is 0 Å². The van der Waals surface area contributed by atoms with Crippen LogP contribution in [-0.2, 0) is 5.41 Å². The average molecular weight is 852 g/mol. The highest BCUT2D eigenvalue weighted by molar-refractivity contribution is 6.13. The number of benzene rings is 10. The maximum Gasteiger partial charge on any atom is 0.160 e. The van der Waals surface area contributed by atoms with Gasteiger partial charge in [-0.1, -0.05) is 212 Å². The van der Waals surface area contributed by atoms with E-state index in [9.17, 15) is 0 Å². The minimum Gasteiger partial charge on any atom is -0.247 e. The van der Waals surface area contributed by atoms with Crippen LogP contribution >= 0.6 is 0 Å². The van der Waals surface area contributed by atoms with E-state index in [0.717, 1.165) is 66.4 Å². The second-order valence-corrected chi connectivity index (χ2v) is 17.5. The van der Waals surface area contributed by atoms with Crippen molar-refractivity contribution in [2.45, 2.75) is 5.41 Å². The molecule has 0 spiro atoms. The molecular formula is C64H41N3. The largest absolute Gasteiger partial charge is 0.247 e. The lowest BCUT2D eigenvalue weighted by Crippen LogP contribution is -2.28. The zero-order valence-corrected chi connectivity index (χ0v) is 36.5. The molecule has 1 aliphatic rings. The molecule has 1 aliphatic carbocycles. The van der Waals surface area contributed by atoms with Crippen molar-refractivity contribution in [3.05, 3.63) is 271 Å². The van der Waals surface area contributed by atoms with Crippen molar-refractivity contribution in [2.75, 3.05) is 0 Å². The molecule has 3 nitrogen and oxygen atoms in total. The molecule has 0 saturated heterocycles. The van der Waals surface area contributed by atoms with Crippen LogP contribution < -0.4 is 0 Å². The third-order valence-electron chi connectivity index (χ3n) is 13.7. The van der Waals surface area contributed by atoms with E-state index in [1.54, 1.807) is 0 Å². The Morgan fingerprint density at radius 3 is 1.48 bits per heavy atom. The highest BCUT2D eigenvalue weighted by Crippen LogP contribution is 2.57. The van der Waals surface area contributed by atoms with E-state index in [1.807, 2.05) is 12.1 Å². The van der Waals surface area contributed by atoms with Gasteiger partial charge in [-0.25, -0.2) is 15.0 Å². The molecule has 312 valence electrons. The number of fused-ring (bicyclic) bond motifs is 7. The first-order valence-electron chi connectivity index (χ1n) is 22.9. The molecule has 0 bridgehead atoms. The Morgan fingerprint density at radius 2 is 0.761 bits per heavy atom. The Morgan fingerprint density at radius 1 is 0.254 bits per heavy atom. The van der Waals surface area contributed by atoms with Crippen LogP contribution in [0.1, 0.15) is 22.3 Å². The van der Waals surface area contributed by atoms with Crippen molar-refractivity contribution in [3.63, 3.8) is 0 Å². The van der Waals surface area contributed by atoms with Gasteiger partial charge in [0.05, 0.1) is 27.8 Å². The van der Waals surface area contributed by atoms with Gasteiger partial charge in [-0.2, -0.15) is 0 Å². The van der Waals surface area contributed by atoms with Crippen molar-refractivity contribution in [2.24, 2.45) is 0 Å². The van der Waals surface area contributed by atoms with Crippen molar-refractivity contribution >= 4 is 32.6 Å². The number of hydrogen-bond donors (Lipinski definition) is 0. The van der Waals surface area contributed by atoms with Crippen LogP contribution in [0.4, 0.5) is 0 Å². The molecule has 3 heteroatoms. The van der Waals surface area contributed by atoms with E-state index >= 15 is 0 Å². The molecule has 0 radical (unpaired) electrons. The summed E-state index contributed by atoms with van der Waals surface area (Å²) in [6.07, 6.45) is 0. The van der Waals surface area contributed by atoms with E-state index in [4.69, 9.17) is 15.0 Å². The molecule has 0 saturated carbocycles. The highest BCUT2D eigenvalue weighted by Gasteiger charge is 2.46. The monoisotopic (exact) mass is 851 g/mol. The van der Waals surface area contributed by atoms with Gasteiger partial charge in [0.25, 0.3) is 0 Å². The molecule has 0 fully saturated rings. The van der Waals surface area contributed by atoms with E-state index in [2.05, 4.69) is 237 Å². The predicted octanol–water partition coefficient (Wildman–Crippen LogP) is 16.0. The van der Waals surface area contributed by atoms with Crippen LogP contribution in [-0.4, -0.2) is 15.0 Å². The normalized spacial score (nSPS) is 12.6. The van der Waals surface area contributed by atoms with Crippen LogP contribution in [0.25, 0.3) is 99.9 Å². The summed E-state index contributed by atoms with van der Waals surface area (Å²) >= 11 is 0. The zero-order chi connectivity index (χ0) is 44.3. The summed E-state index contributed by atoms with van der Waals surface area (Å²) in [5.41, 5.74) is 18.5. The first-order chi connectivity index (χ1) is 33.2. The van der Waals surface area contributed by atoms with E-state index < -0.39 is 5.41 Å². The lowest BCUT2D eigenvalue weighted by molar-refractivity contribution is 0.769. The minimum absolute atomic E-state index is 0.499. The van der Waals surface area contributed by atoms with Gasteiger partial charge in [0.1, 0.15) is 0 Å². The fourth-order valence-corrected chi connectivity index (χ4v) is 10.7. The first kappa shape index (κ1) is 38.6. The van der Waals surface area contributed by atoms with Crippen LogP contribution in [0.15, 0.2) is 249 Å². The highest BCUT2D eigenvalue weighted by atomic mass is 14.9. The Kier molecular flexibility index (Phi) is 9.07. The lowest BCUT2D eigenvalue weighted by Gasteiger charge is -2.34. The van der Waals surface area contributed by atoms with E-state index in [1.165, 1.54) is 49.9 Å². The molecular weight excluding hydrogens is 811 g/mol. The van der Waals surface area contributed by atoms with Crippen molar-refractivity contribution in [1.82, 2.24) is 15.0 Å². The zero-order valence-electron chi connectivity index (χ0n) is 36.5. The topological polar surface area (TPSA) is 38.7 Å². The summed E-state index contributed by atoms with van der Waals surface area (Å²) in [5.74, 6) is 0.692. The van der Waals surface area contributed by atoms with Crippen molar-refractivity contribution < 1.29 is 0 Å². The maximum absolute atomic E-state index is 5.48. The molecule has 10 aromatic carbocycles. The molecule has 2 heterocycles. The van der Waals surface area contributed by atoms with Crippen LogP contribution in [0.5, 0.6) is 0 Å². The van der Waals surface area contributed by atoms with Crippen LogP contribution in [0.2, 0.25) is 0 Å². The average Bonchev–Trinajstić information content (AvgIpc) is 3.70. The SMILES string of the molecule is c1ccc(-c2ccc(-c3nc(-c4cccc(-c5cccc(-c6nc7ccccc7c7cc8c(cc67)-c6ccccc6C8(c6ccccc6)c6ccccc6)c5)c4)nc4ccccc34)cc2)cc1. The van der Waals surface area contributed by atoms with Crippen molar-refractivity contribution in [3.8, 4) is 67.3 Å². The number of aromatic nitrogens is 3. The van der Waals surface area contributed by atoms with Gasteiger partial charge in [0.15, 0.2) is 5.82 Å². The summed E-state index contributed by atoms with van der Waals surface area (Å²) in [6.45, 7) is 0. The summed E-state index contributed by atoms with van der Waals surface area (Å²) in [5, 5.41) is 4.48. The third-order valence-corrected chi connectivity index (χ3v) is 13.7. The summed E-state index contributed by atoms with van der Waals surface area (Å²) in [4.78, 5) is 15.9. The van der Waals surface area contributed by atoms with Crippen LogP contribution in [0.3, 0.4) is 0 Å². The second-order valence-electron chi connectivity index (χ2n) is 17.5. The smallest absolute Gasteiger partial charge is 0.160 e. The molecule has 0 aliphatic heterocycles. The number of nitrogens with zero attached hydrogens (tertiary/aromatic N) is 3. The molecule has 13 rings (SSSR count). The van der Waals surface area contributed by atoms with E-state index in [0.29, 0.717) is 5.82 Å². The standard InChI is InChI=1S/C64H41N3/c1-4-18-42(19-5-1)43-34-36-44(37-35-43)61-53-30-12-15-33-60(53)66-63(67-61)48-23-17-21-46(39-48)45-20-16-22-47(38-45)62-56-40-55-51-28-10-13-31-57(51)64(49-24-6-2-7-25-49,50-26-8-3-9-27-50)58(55)41-54(56)52-29-11-14-32-59(52)65-62/h1-41H. The maximum atomic E-state index is 5.48. The number of para-hydroxylation sites is 2. The molecule has 67 heavy (non-hydrogen) atoms. The van der Waals surface area contributed by atoms with Gasteiger partial charge in [0.2, 0.25) is 0 Å². The lowest BCUT2D eigenvalue weighted by atomic mass is 9.67. The Hall–Kier alpha value is -8.79. The summed E-state index contributed by atoms with van der Waals surface area (Å²) in [7, 11) is 0. The Labute approximate surface area is 389 Å². The van der Waals surface area contributed by atoms with Gasteiger partial charge >= 0.3 is 0 Å². The molecule has 0 amide bonds. The number of rotatable bonds is 7. The predicted molar refractivity (Wildman–Crippen MR) is 277 cm³/mol. The molecule has 12 aromatic rings. The first-order valence-corrected chi connectivity index (χ1v) is 22.9. The summed E-state index contributed by atoms with van der Waals surface area (Å²) < 4.78 is 0. The van der Waals surface area contributed by atoms with Gasteiger partial charge in [-0.3, -0.25) is 0 Å². The quantitative estimate of drug-likeness (QED) is 0.150. The van der Waals surface area contributed by atoms with Gasteiger partial charge in [-0.05, 0) is 97.4 Å². The molecule has 2 aromatic heterocycles. The van der Waals surface area contributed by atoms with Crippen LogP contribution in [0, 0.1) is 0 Å². The fourth-order valence-electron chi connectivity index (χ4n) is 10.7. The van der Waals surface area contributed by atoms with Gasteiger partial charge in [-0.15, -0.1) is 0 Å². The number of pyridine rings is 1. The van der Waals surface area contributed by atoms with Gasteiger partial charge in [0, 0.05) is 32.8 Å². The summed E-state index contributed by atoms with van der Waals surface area (Å²) in [6, 6.07) is 89.4. The Bertz CT molecular complexity index is 3800. The fraction of sp³-hybridized carbons (Fsp3) is 0.0156. The third kappa shape index (κ3) is 6.31. The second kappa shape index (κ2) is 15.7.